The zero-order valence-corrected chi connectivity index (χ0v) is 13.1. The van der Waals surface area contributed by atoms with Crippen LogP contribution in [0.4, 0.5) is 0 Å². The third-order valence-corrected chi connectivity index (χ3v) is 3.91. The first-order valence-electron chi connectivity index (χ1n) is 7.05. The second-order valence-electron chi connectivity index (χ2n) is 5.52. The van der Waals surface area contributed by atoms with Gasteiger partial charge in [0.05, 0.1) is 5.41 Å². The minimum absolute atomic E-state index is 0. The number of carbonyl (C=O) groups is 1. The summed E-state index contributed by atoms with van der Waals surface area (Å²) < 4.78 is 0. The first kappa shape index (κ1) is 16.9. The lowest BCUT2D eigenvalue weighted by molar-refractivity contribution is -0.142. The van der Waals surface area contributed by atoms with Gasteiger partial charge in [-0.25, -0.2) is 0 Å². The molecule has 0 aromatic carbocycles. The molecule has 1 fully saturated rings. The number of rotatable bonds is 4. The van der Waals surface area contributed by atoms with Crippen LogP contribution in [-0.4, -0.2) is 35.4 Å². The molecule has 1 atom stereocenters. The first-order chi connectivity index (χ1) is 9.15. The van der Waals surface area contributed by atoms with E-state index in [2.05, 4.69) is 17.2 Å². The molecule has 1 amide bonds. The highest BCUT2D eigenvalue weighted by Gasteiger charge is 2.37. The predicted molar refractivity (Wildman–Crippen MR) is 82.8 cm³/mol. The molecular weight excluding hydrogens is 274 g/mol. The smallest absolute Gasteiger partial charge is 0.230 e. The number of aromatic nitrogens is 1. The van der Waals surface area contributed by atoms with Gasteiger partial charge in [-0.15, -0.1) is 12.4 Å². The maximum atomic E-state index is 12.7. The molecule has 0 saturated carbocycles. The van der Waals surface area contributed by atoms with Crippen molar-refractivity contribution in [3.8, 4) is 0 Å². The average Bonchev–Trinajstić information content (AvgIpc) is 2.46. The van der Waals surface area contributed by atoms with Gasteiger partial charge in [0.1, 0.15) is 0 Å². The summed E-state index contributed by atoms with van der Waals surface area (Å²) in [7, 11) is 0. The van der Waals surface area contributed by atoms with Crippen molar-refractivity contribution in [3.05, 3.63) is 30.1 Å². The highest BCUT2D eigenvalue weighted by molar-refractivity contribution is 5.85. The van der Waals surface area contributed by atoms with E-state index < -0.39 is 0 Å². The lowest BCUT2D eigenvalue weighted by atomic mass is 9.81. The lowest BCUT2D eigenvalue weighted by Crippen LogP contribution is -2.50. The van der Waals surface area contributed by atoms with E-state index in [0.717, 1.165) is 38.0 Å². The van der Waals surface area contributed by atoms with Crippen molar-refractivity contribution in [2.45, 2.75) is 33.2 Å². The number of amides is 1. The van der Waals surface area contributed by atoms with Crippen LogP contribution in [0.25, 0.3) is 0 Å². The molecule has 4 nitrogen and oxygen atoms in total. The van der Waals surface area contributed by atoms with Gasteiger partial charge in [-0.2, -0.15) is 0 Å². The third kappa shape index (κ3) is 3.93. The fraction of sp³-hybridized carbons (Fsp3) is 0.600. The average molecular weight is 298 g/mol. The summed E-state index contributed by atoms with van der Waals surface area (Å²) in [5.74, 6) is 0.263. The highest BCUT2D eigenvalue weighted by atomic mass is 35.5. The van der Waals surface area contributed by atoms with Crippen LogP contribution in [0.5, 0.6) is 0 Å². The number of piperidine rings is 1. The molecule has 1 aliphatic rings. The Labute approximate surface area is 127 Å². The van der Waals surface area contributed by atoms with Crippen molar-refractivity contribution in [1.29, 1.82) is 0 Å². The molecule has 1 saturated heterocycles. The van der Waals surface area contributed by atoms with E-state index in [-0.39, 0.29) is 23.7 Å². The van der Waals surface area contributed by atoms with Crippen molar-refractivity contribution in [3.63, 3.8) is 0 Å². The maximum absolute atomic E-state index is 12.7. The van der Waals surface area contributed by atoms with E-state index in [0.29, 0.717) is 6.54 Å². The standard InChI is InChI=1S/C15H23N3O.ClH/c1-3-18(11-13-5-9-16-10-6-13)14(19)15(2)7-4-8-17-12-15;/h5-6,9-10,17H,3-4,7-8,11-12H2,1-2H3;1H. The van der Waals surface area contributed by atoms with E-state index >= 15 is 0 Å². The Morgan fingerprint density at radius 3 is 2.70 bits per heavy atom. The SMILES string of the molecule is CCN(Cc1ccncc1)C(=O)C1(C)CCCNC1.Cl. The van der Waals surface area contributed by atoms with E-state index in [1.807, 2.05) is 24.0 Å². The monoisotopic (exact) mass is 297 g/mol. The Bertz CT molecular complexity index is 418. The van der Waals surface area contributed by atoms with Crippen LogP contribution in [-0.2, 0) is 11.3 Å². The lowest BCUT2D eigenvalue weighted by Gasteiger charge is -2.37. The molecule has 2 rings (SSSR count). The Balaban J connectivity index is 0.00000200. The van der Waals surface area contributed by atoms with Crippen LogP contribution in [0.1, 0.15) is 32.3 Å². The summed E-state index contributed by atoms with van der Waals surface area (Å²) in [5, 5.41) is 3.34. The molecule has 20 heavy (non-hydrogen) atoms. The highest BCUT2D eigenvalue weighted by Crippen LogP contribution is 2.28. The fourth-order valence-corrected chi connectivity index (χ4v) is 2.66. The molecule has 2 heterocycles. The summed E-state index contributed by atoms with van der Waals surface area (Å²) >= 11 is 0. The van der Waals surface area contributed by atoms with Crippen LogP contribution in [0.2, 0.25) is 0 Å². The number of hydrogen-bond acceptors (Lipinski definition) is 3. The number of pyridine rings is 1. The van der Waals surface area contributed by atoms with Crippen molar-refractivity contribution < 1.29 is 4.79 Å². The molecule has 0 radical (unpaired) electrons. The molecule has 1 unspecified atom stereocenters. The summed E-state index contributed by atoms with van der Waals surface area (Å²) in [6.07, 6.45) is 5.61. The van der Waals surface area contributed by atoms with Gasteiger partial charge in [-0.1, -0.05) is 0 Å². The van der Waals surface area contributed by atoms with Crippen LogP contribution in [0.15, 0.2) is 24.5 Å². The van der Waals surface area contributed by atoms with E-state index in [1.54, 1.807) is 12.4 Å². The van der Waals surface area contributed by atoms with Crippen molar-refractivity contribution >= 4 is 18.3 Å². The van der Waals surface area contributed by atoms with Gasteiger partial charge in [0.15, 0.2) is 0 Å². The first-order valence-corrected chi connectivity index (χ1v) is 7.05. The quantitative estimate of drug-likeness (QED) is 0.927. The second kappa shape index (κ2) is 7.60. The van der Waals surface area contributed by atoms with Gasteiger partial charge in [-0.3, -0.25) is 9.78 Å². The van der Waals surface area contributed by atoms with Crippen molar-refractivity contribution in [2.75, 3.05) is 19.6 Å². The van der Waals surface area contributed by atoms with Crippen molar-refractivity contribution in [2.24, 2.45) is 5.41 Å². The third-order valence-electron chi connectivity index (χ3n) is 3.91. The van der Waals surface area contributed by atoms with Gasteiger partial charge >= 0.3 is 0 Å². The fourth-order valence-electron chi connectivity index (χ4n) is 2.66. The van der Waals surface area contributed by atoms with E-state index in [4.69, 9.17) is 0 Å². The molecule has 0 aliphatic carbocycles. The minimum Gasteiger partial charge on any atom is -0.338 e. The van der Waals surface area contributed by atoms with Crippen LogP contribution in [0.3, 0.4) is 0 Å². The summed E-state index contributed by atoms with van der Waals surface area (Å²) in [5.41, 5.74) is 0.888. The number of hydrogen-bond donors (Lipinski definition) is 1. The number of nitrogens with zero attached hydrogens (tertiary/aromatic N) is 2. The summed E-state index contributed by atoms with van der Waals surface area (Å²) in [4.78, 5) is 18.7. The van der Waals surface area contributed by atoms with Gasteiger partial charge in [0.2, 0.25) is 5.91 Å². The molecule has 0 spiro atoms. The summed E-state index contributed by atoms with van der Waals surface area (Å²) in [6.45, 7) is 7.36. The van der Waals surface area contributed by atoms with Gasteiger partial charge in [0.25, 0.3) is 0 Å². The maximum Gasteiger partial charge on any atom is 0.230 e. The summed E-state index contributed by atoms with van der Waals surface area (Å²) in [6, 6.07) is 3.94. The Morgan fingerprint density at radius 1 is 1.45 bits per heavy atom. The predicted octanol–water partition coefficient (Wildman–Crippen LogP) is 2.24. The molecule has 5 heteroatoms. The van der Waals surface area contributed by atoms with Crippen LogP contribution in [0, 0.1) is 5.41 Å². The van der Waals surface area contributed by atoms with Gasteiger partial charge in [0, 0.05) is 32.0 Å². The second-order valence-corrected chi connectivity index (χ2v) is 5.52. The minimum atomic E-state index is -0.249. The van der Waals surface area contributed by atoms with Gasteiger partial charge in [-0.05, 0) is 50.9 Å². The van der Waals surface area contributed by atoms with E-state index in [9.17, 15) is 4.79 Å². The molecular formula is C15H24ClN3O. The topological polar surface area (TPSA) is 45.2 Å². The zero-order valence-electron chi connectivity index (χ0n) is 12.3. The normalized spacial score (nSPS) is 21.9. The molecule has 1 aliphatic heterocycles. The van der Waals surface area contributed by atoms with Gasteiger partial charge < -0.3 is 10.2 Å². The van der Waals surface area contributed by atoms with Crippen LogP contribution < -0.4 is 5.32 Å². The van der Waals surface area contributed by atoms with Crippen molar-refractivity contribution in [1.82, 2.24) is 15.2 Å². The molecule has 1 aromatic rings. The Kier molecular flexibility index (Phi) is 6.43. The molecule has 1 N–H and O–H groups in total. The number of carbonyl (C=O) groups excluding carboxylic acids is 1. The zero-order chi connectivity index (χ0) is 13.7. The van der Waals surface area contributed by atoms with E-state index in [1.165, 1.54) is 0 Å². The largest absolute Gasteiger partial charge is 0.338 e. The Hall–Kier alpha value is -1.13. The molecule has 0 bridgehead atoms. The molecule has 112 valence electrons. The Morgan fingerprint density at radius 2 is 2.15 bits per heavy atom. The van der Waals surface area contributed by atoms with Crippen LogP contribution >= 0.6 is 12.4 Å². The number of halogens is 1. The molecule has 1 aromatic heterocycles. The number of nitrogens with one attached hydrogen (secondary N) is 1.